The van der Waals surface area contributed by atoms with E-state index >= 15 is 0 Å². The molecule has 0 bridgehead atoms. The van der Waals surface area contributed by atoms with Crippen LogP contribution in [0.2, 0.25) is 0 Å². The Bertz CT molecular complexity index is 788. The normalized spacial score (nSPS) is 20.7. The molecule has 4 rings (SSSR count). The highest BCUT2D eigenvalue weighted by Gasteiger charge is 2.37. The van der Waals surface area contributed by atoms with Gasteiger partial charge in [-0.25, -0.2) is 9.97 Å². The smallest absolute Gasteiger partial charge is 0.312 e. The van der Waals surface area contributed by atoms with Crippen molar-refractivity contribution in [2.45, 2.75) is 19.0 Å². The monoisotopic (exact) mass is 352 g/mol. The maximum absolute atomic E-state index is 12.4. The third-order valence-corrected chi connectivity index (χ3v) is 4.83. The Morgan fingerprint density at radius 3 is 2.46 bits per heavy atom. The van der Waals surface area contributed by atoms with Gasteiger partial charge in [0.25, 0.3) is 0 Å². The summed E-state index contributed by atoms with van der Waals surface area (Å²) in [6.45, 7) is 2.43. The molecule has 2 aromatic rings. The highest BCUT2D eigenvalue weighted by Crippen LogP contribution is 2.19. The van der Waals surface area contributed by atoms with Crippen molar-refractivity contribution in [1.29, 1.82) is 0 Å². The summed E-state index contributed by atoms with van der Waals surface area (Å²) in [7, 11) is 0. The van der Waals surface area contributed by atoms with E-state index in [-0.39, 0.29) is 12.6 Å². The lowest BCUT2D eigenvalue weighted by Gasteiger charge is -2.36. The zero-order valence-electron chi connectivity index (χ0n) is 14.4. The first-order chi connectivity index (χ1) is 12.7. The quantitative estimate of drug-likeness (QED) is 0.771. The number of piperazine rings is 1. The highest BCUT2D eigenvalue weighted by atomic mass is 16.5. The van der Waals surface area contributed by atoms with Crippen molar-refractivity contribution in [1.82, 2.24) is 19.8 Å². The van der Waals surface area contributed by atoms with Gasteiger partial charge in [-0.1, -0.05) is 30.3 Å². The molecule has 7 heteroatoms. The van der Waals surface area contributed by atoms with Crippen LogP contribution < -0.4 is 0 Å². The van der Waals surface area contributed by atoms with Crippen molar-refractivity contribution in [3.8, 4) is 11.1 Å². The molecule has 0 aliphatic carbocycles. The zero-order chi connectivity index (χ0) is 17.9. The van der Waals surface area contributed by atoms with Crippen LogP contribution in [0.25, 0.3) is 11.1 Å². The van der Waals surface area contributed by atoms with Gasteiger partial charge in [0.2, 0.25) is 0 Å². The van der Waals surface area contributed by atoms with Crippen LogP contribution in [0, 0.1) is 0 Å². The predicted molar refractivity (Wildman–Crippen MR) is 93.8 cm³/mol. The third-order valence-electron chi connectivity index (χ3n) is 4.83. The fraction of sp³-hybridized carbons (Fsp3) is 0.368. The van der Waals surface area contributed by atoms with Crippen LogP contribution in [-0.4, -0.2) is 63.9 Å². The third kappa shape index (κ3) is 3.30. The van der Waals surface area contributed by atoms with Crippen molar-refractivity contribution < 1.29 is 14.3 Å². The average molecular weight is 352 g/mol. The second-order valence-corrected chi connectivity index (χ2v) is 6.50. The molecule has 7 nitrogen and oxygen atoms in total. The van der Waals surface area contributed by atoms with E-state index in [9.17, 15) is 9.59 Å². The number of rotatable bonds is 4. The van der Waals surface area contributed by atoms with E-state index in [0.29, 0.717) is 32.1 Å². The van der Waals surface area contributed by atoms with Gasteiger partial charge in [0, 0.05) is 37.7 Å². The lowest BCUT2D eigenvalue weighted by Crippen LogP contribution is -2.57. The van der Waals surface area contributed by atoms with Crippen LogP contribution in [0.5, 0.6) is 0 Å². The first-order valence-electron chi connectivity index (χ1n) is 8.76. The minimum atomic E-state index is -0.487. The summed E-state index contributed by atoms with van der Waals surface area (Å²) in [5.41, 5.74) is 1.96. The Balaban J connectivity index is 1.41. The van der Waals surface area contributed by atoms with E-state index in [1.165, 1.54) is 4.90 Å². The maximum atomic E-state index is 12.4. The Kier molecular flexibility index (Phi) is 4.62. The minimum absolute atomic E-state index is 0.0232. The van der Waals surface area contributed by atoms with E-state index < -0.39 is 11.8 Å². The standard InChI is InChI=1S/C19H20N4O3/c24-18-19(25)23(16-6-9-26-13-16)8-7-22(18)12-17-20-10-15(11-21-17)14-4-2-1-3-5-14/h1-5,10-11,16H,6-9,12-13H2. The molecule has 0 saturated carbocycles. The van der Waals surface area contributed by atoms with Crippen molar-refractivity contribution in [3.63, 3.8) is 0 Å². The first-order valence-corrected chi connectivity index (χ1v) is 8.76. The van der Waals surface area contributed by atoms with Gasteiger partial charge in [0.15, 0.2) is 0 Å². The largest absolute Gasteiger partial charge is 0.379 e. The van der Waals surface area contributed by atoms with Crippen molar-refractivity contribution >= 4 is 11.8 Å². The van der Waals surface area contributed by atoms with Crippen LogP contribution in [0.4, 0.5) is 0 Å². The molecule has 1 unspecified atom stereocenters. The minimum Gasteiger partial charge on any atom is -0.379 e. The molecule has 2 saturated heterocycles. The van der Waals surface area contributed by atoms with Crippen LogP contribution >= 0.6 is 0 Å². The number of amides is 2. The van der Waals surface area contributed by atoms with Gasteiger partial charge in [0.05, 0.1) is 19.2 Å². The first kappa shape index (κ1) is 16.7. The van der Waals surface area contributed by atoms with Crippen molar-refractivity contribution in [2.24, 2.45) is 0 Å². The van der Waals surface area contributed by atoms with Gasteiger partial charge in [0.1, 0.15) is 5.82 Å². The Hall–Kier alpha value is -2.80. The molecule has 2 fully saturated rings. The second-order valence-electron chi connectivity index (χ2n) is 6.50. The number of carbonyl (C=O) groups excluding carboxylic acids is 2. The lowest BCUT2D eigenvalue weighted by atomic mass is 10.1. The zero-order valence-corrected chi connectivity index (χ0v) is 14.4. The fourth-order valence-electron chi connectivity index (χ4n) is 3.34. The molecule has 1 aromatic heterocycles. The average Bonchev–Trinajstić information content (AvgIpc) is 3.21. The SMILES string of the molecule is O=C1C(=O)N(C2CCOC2)CCN1Cc1ncc(-c2ccccc2)cn1. The maximum Gasteiger partial charge on any atom is 0.312 e. The molecule has 26 heavy (non-hydrogen) atoms. The number of hydrogen-bond acceptors (Lipinski definition) is 5. The van der Waals surface area contributed by atoms with Gasteiger partial charge in [-0.05, 0) is 12.0 Å². The van der Waals surface area contributed by atoms with E-state index in [1.54, 1.807) is 17.3 Å². The molecule has 2 amide bonds. The van der Waals surface area contributed by atoms with Crippen molar-refractivity contribution in [2.75, 3.05) is 26.3 Å². The van der Waals surface area contributed by atoms with Crippen molar-refractivity contribution in [3.05, 3.63) is 48.5 Å². The summed E-state index contributed by atoms with van der Waals surface area (Å²) in [6.07, 6.45) is 4.29. The van der Waals surface area contributed by atoms with Crippen LogP contribution in [0.1, 0.15) is 12.2 Å². The molecule has 0 N–H and O–H groups in total. The number of benzene rings is 1. The summed E-state index contributed by atoms with van der Waals surface area (Å²) in [5, 5.41) is 0. The summed E-state index contributed by atoms with van der Waals surface area (Å²) in [6, 6.07) is 9.89. The number of ether oxygens (including phenoxy) is 1. The highest BCUT2D eigenvalue weighted by molar-refractivity contribution is 6.35. The van der Waals surface area contributed by atoms with Gasteiger partial charge in [-0.3, -0.25) is 9.59 Å². The fourth-order valence-corrected chi connectivity index (χ4v) is 3.34. The Labute approximate surface area is 151 Å². The lowest BCUT2D eigenvalue weighted by molar-refractivity contribution is -0.158. The summed E-state index contributed by atoms with van der Waals surface area (Å²) in [5.74, 6) is -0.407. The van der Waals surface area contributed by atoms with E-state index in [1.807, 2.05) is 30.3 Å². The summed E-state index contributed by atoms with van der Waals surface area (Å²) < 4.78 is 5.33. The second kappa shape index (κ2) is 7.21. The van der Waals surface area contributed by atoms with Crippen LogP contribution in [0.3, 0.4) is 0 Å². The summed E-state index contributed by atoms with van der Waals surface area (Å²) >= 11 is 0. The predicted octanol–water partition coefficient (Wildman–Crippen LogP) is 1.10. The van der Waals surface area contributed by atoms with Crippen LogP contribution in [0.15, 0.2) is 42.7 Å². The molecule has 3 heterocycles. The van der Waals surface area contributed by atoms with Gasteiger partial charge >= 0.3 is 11.8 Å². The molecule has 0 spiro atoms. The number of aromatic nitrogens is 2. The van der Waals surface area contributed by atoms with Gasteiger partial charge in [-0.15, -0.1) is 0 Å². The number of nitrogens with zero attached hydrogens (tertiary/aromatic N) is 4. The molecule has 2 aliphatic rings. The van der Waals surface area contributed by atoms with E-state index in [4.69, 9.17) is 4.74 Å². The molecule has 1 aromatic carbocycles. The Morgan fingerprint density at radius 1 is 1.00 bits per heavy atom. The molecule has 0 radical (unpaired) electrons. The topological polar surface area (TPSA) is 75.6 Å². The van der Waals surface area contributed by atoms with Gasteiger partial charge < -0.3 is 14.5 Å². The van der Waals surface area contributed by atoms with Crippen LogP contribution in [-0.2, 0) is 20.9 Å². The molecule has 2 aliphatic heterocycles. The number of carbonyl (C=O) groups is 2. The molecular formula is C19H20N4O3. The molecule has 134 valence electrons. The summed E-state index contributed by atoms with van der Waals surface area (Å²) in [4.78, 5) is 36.7. The van der Waals surface area contributed by atoms with E-state index in [0.717, 1.165) is 17.5 Å². The Morgan fingerprint density at radius 2 is 1.77 bits per heavy atom. The van der Waals surface area contributed by atoms with Gasteiger partial charge in [-0.2, -0.15) is 0 Å². The molecular weight excluding hydrogens is 332 g/mol. The van der Waals surface area contributed by atoms with E-state index in [2.05, 4.69) is 9.97 Å². The number of hydrogen-bond donors (Lipinski definition) is 0. The molecule has 1 atom stereocenters.